The predicted octanol–water partition coefficient (Wildman–Crippen LogP) is 2.02. The molecule has 1 fully saturated rings. The van der Waals surface area contributed by atoms with Crippen molar-refractivity contribution in [1.82, 2.24) is 4.31 Å². The average molecular weight is 297 g/mol. The number of benzene rings is 1. The largest absolute Gasteiger partial charge is 0.486 e. The quantitative estimate of drug-likeness (QED) is 0.838. The summed E-state index contributed by atoms with van der Waals surface area (Å²) in [7, 11) is -3.45. The van der Waals surface area contributed by atoms with Crippen LogP contribution in [0.15, 0.2) is 23.1 Å². The van der Waals surface area contributed by atoms with Gasteiger partial charge in [0.05, 0.1) is 4.90 Å². The monoisotopic (exact) mass is 297 g/mol. The number of fused-ring (bicyclic) bond motifs is 1. The molecule has 1 saturated heterocycles. The molecule has 2 heterocycles. The van der Waals surface area contributed by atoms with E-state index in [1.165, 1.54) is 0 Å². The summed E-state index contributed by atoms with van der Waals surface area (Å²) in [5, 5.41) is 0. The summed E-state index contributed by atoms with van der Waals surface area (Å²) < 4.78 is 37.9. The molecule has 3 rings (SSSR count). The van der Waals surface area contributed by atoms with Crippen molar-refractivity contribution in [3.63, 3.8) is 0 Å². The Hall–Kier alpha value is -1.27. The van der Waals surface area contributed by atoms with Gasteiger partial charge in [-0.05, 0) is 31.9 Å². The standard InChI is InChI=1S/C14H19NO4S/c1-11-4-2-3-7-15(11)20(16,17)12-5-6-13-14(10-12)19-9-8-18-13/h5-6,10-11H,2-4,7-9H2,1H3/t11-/m0/s1. The van der Waals surface area contributed by atoms with Gasteiger partial charge in [-0.25, -0.2) is 8.42 Å². The zero-order valence-electron chi connectivity index (χ0n) is 11.5. The second kappa shape index (κ2) is 5.26. The van der Waals surface area contributed by atoms with Gasteiger partial charge in [0.1, 0.15) is 13.2 Å². The number of hydrogen-bond acceptors (Lipinski definition) is 4. The molecule has 0 aromatic heterocycles. The molecule has 0 radical (unpaired) electrons. The molecule has 0 saturated carbocycles. The second-order valence-corrected chi connectivity index (χ2v) is 7.16. The van der Waals surface area contributed by atoms with Gasteiger partial charge in [-0.15, -0.1) is 0 Å². The molecule has 0 aliphatic carbocycles. The molecule has 0 N–H and O–H groups in total. The van der Waals surface area contributed by atoms with Crippen LogP contribution in [0, 0.1) is 0 Å². The van der Waals surface area contributed by atoms with Gasteiger partial charge in [0.2, 0.25) is 10.0 Å². The molecule has 1 aromatic carbocycles. The highest BCUT2D eigenvalue weighted by Gasteiger charge is 2.31. The van der Waals surface area contributed by atoms with E-state index >= 15 is 0 Å². The lowest BCUT2D eigenvalue weighted by molar-refractivity contribution is 0.171. The Labute approximate surface area is 119 Å². The lowest BCUT2D eigenvalue weighted by Gasteiger charge is -2.32. The molecule has 1 atom stereocenters. The number of nitrogens with zero attached hydrogens (tertiary/aromatic N) is 1. The SMILES string of the molecule is C[C@H]1CCCCN1S(=O)(=O)c1ccc2c(c1)OCCO2. The Bertz CT molecular complexity index is 599. The first-order chi connectivity index (χ1) is 9.59. The Morgan fingerprint density at radius 1 is 1.15 bits per heavy atom. The second-order valence-electron chi connectivity index (χ2n) is 5.27. The molecule has 2 aliphatic heterocycles. The Kier molecular flexibility index (Phi) is 3.60. The van der Waals surface area contributed by atoms with Crippen LogP contribution in [0.1, 0.15) is 26.2 Å². The molecule has 20 heavy (non-hydrogen) atoms. The third-order valence-electron chi connectivity index (χ3n) is 3.86. The van der Waals surface area contributed by atoms with Gasteiger partial charge in [-0.2, -0.15) is 4.31 Å². The van der Waals surface area contributed by atoms with E-state index in [1.54, 1.807) is 22.5 Å². The molecule has 110 valence electrons. The number of sulfonamides is 1. The number of hydrogen-bond donors (Lipinski definition) is 0. The van der Waals surface area contributed by atoms with Crippen molar-refractivity contribution in [3.8, 4) is 11.5 Å². The highest BCUT2D eigenvalue weighted by molar-refractivity contribution is 7.89. The number of ether oxygens (including phenoxy) is 2. The first kappa shape index (κ1) is 13.7. The van der Waals surface area contributed by atoms with E-state index in [0.717, 1.165) is 19.3 Å². The van der Waals surface area contributed by atoms with Gasteiger partial charge < -0.3 is 9.47 Å². The van der Waals surface area contributed by atoms with E-state index in [1.807, 2.05) is 6.92 Å². The smallest absolute Gasteiger partial charge is 0.243 e. The van der Waals surface area contributed by atoms with E-state index in [9.17, 15) is 8.42 Å². The van der Waals surface area contributed by atoms with Crippen molar-refractivity contribution >= 4 is 10.0 Å². The highest BCUT2D eigenvalue weighted by atomic mass is 32.2. The van der Waals surface area contributed by atoms with Crippen molar-refractivity contribution in [2.75, 3.05) is 19.8 Å². The summed E-state index contributed by atoms with van der Waals surface area (Å²) in [4.78, 5) is 0.288. The van der Waals surface area contributed by atoms with Crippen LogP contribution in [0.2, 0.25) is 0 Å². The van der Waals surface area contributed by atoms with Gasteiger partial charge >= 0.3 is 0 Å². The fourth-order valence-electron chi connectivity index (χ4n) is 2.75. The Balaban J connectivity index is 1.94. The molecule has 2 aliphatic rings. The molecule has 5 nitrogen and oxygen atoms in total. The fraction of sp³-hybridized carbons (Fsp3) is 0.571. The molecule has 0 bridgehead atoms. The molecular weight excluding hydrogens is 278 g/mol. The maximum absolute atomic E-state index is 12.7. The van der Waals surface area contributed by atoms with Crippen LogP contribution >= 0.6 is 0 Å². The van der Waals surface area contributed by atoms with Crippen molar-refractivity contribution in [2.24, 2.45) is 0 Å². The van der Waals surface area contributed by atoms with Gasteiger partial charge in [0, 0.05) is 18.7 Å². The van der Waals surface area contributed by atoms with Crippen LogP contribution in [0.3, 0.4) is 0 Å². The van der Waals surface area contributed by atoms with Crippen LogP contribution in [0.5, 0.6) is 11.5 Å². The summed E-state index contributed by atoms with van der Waals surface area (Å²) in [5.74, 6) is 1.13. The maximum Gasteiger partial charge on any atom is 0.243 e. The fourth-order valence-corrected chi connectivity index (χ4v) is 4.46. The minimum Gasteiger partial charge on any atom is -0.486 e. The van der Waals surface area contributed by atoms with Crippen molar-refractivity contribution in [2.45, 2.75) is 37.1 Å². The van der Waals surface area contributed by atoms with Gasteiger partial charge in [-0.3, -0.25) is 0 Å². The van der Waals surface area contributed by atoms with Crippen LogP contribution in [0.25, 0.3) is 0 Å². The summed E-state index contributed by atoms with van der Waals surface area (Å²) >= 11 is 0. The third kappa shape index (κ3) is 2.38. The summed E-state index contributed by atoms with van der Waals surface area (Å²) in [6.45, 7) is 3.52. The van der Waals surface area contributed by atoms with Crippen LogP contribution in [-0.2, 0) is 10.0 Å². The van der Waals surface area contributed by atoms with Crippen LogP contribution in [0.4, 0.5) is 0 Å². The van der Waals surface area contributed by atoms with E-state index in [-0.39, 0.29) is 10.9 Å². The van der Waals surface area contributed by atoms with Crippen molar-refractivity contribution in [1.29, 1.82) is 0 Å². The summed E-state index contributed by atoms with van der Waals surface area (Å²) in [6.07, 6.45) is 2.94. The molecule has 0 unspecified atom stereocenters. The van der Waals surface area contributed by atoms with Gasteiger partial charge in [-0.1, -0.05) is 6.42 Å². The normalized spacial score (nSPS) is 23.6. The van der Waals surface area contributed by atoms with E-state index in [0.29, 0.717) is 31.3 Å². The molecule has 6 heteroatoms. The zero-order chi connectivity index (χ0) is 14.2. The summed E-state index contributed by atoms with van der Waals surface area (Å²) in [5.41, 5.74) is 0. The molecule has 0 spiro atoms. The Morgan fingerprint density at radius 2 is 1.90 bits per heavy atom. The van der Waals surface area contributed by atoms with E-state index in [4.69, 9.17) is 9.47 Å². The van der Waals surface area contributed by atoms with Crippen LogP contribution < -0.4 is 9.47 Å². The lowest BCUT2D eigenvalue weighted by Crippen LogP contribution is -2.41. The van der Waals surface area contributed by atoms with E-state index in [2.05, 4.69) is 0 Å². The molecule has 0 amide bonds. The van der Waals surface area contributed by atoms with Crippen molar-refractivity contribution in [3.05, 3.63) is 18.2 Å². The molecular formula is C14H19NO4S. The van der Waals surface area contributed by atoms with Crippen LogP contribution in [-0.4, -0.2) is 38.5 Å². The average Bonchev–Trinajstić information content (AvgIpc) is 2.47. The Morgan fingerprint density at radius 3 is 2.65 bits per heavy atom. The minimum absolute atomic E-state index is 0.0574. The highest BCUT2D eigenvalue weighted by Crippen LogP contribution is 2.34. The van der Waals surface area contributed by atoms with Gasteiger partial charge in [0.15, 0.2) is 11.5 Å². The number of piperidine rings is 1. The first-order valence-corrected chi connectivity index (χ1v) is 8.44. The van der Waals surface area contributed by atoms with Crippen molar-refractivity contribution < 1.29 is 17.9 Å². The number of rotatable bonds is 2. The first-order valence-electron chi connectivity index (χ1n) is 7.00. The van der Waals surface area contributed by atoms with Gasteiger partial charge in [0.25, 0.3) is 0 Å². The summed E-state index contributed by atoms with van der Waals surface area (Å²) in [6, 6.07) is 4.91. The van der Waals surface area contributed by atoms with E-state index < -0.39 is 10.0 Å². The predicted molar refractivity (Wildman–Crippen MR) is 74.6 cm³/mol. The topological polar surface area (TPSA) is 55.8 Å². The lowest BCUT2D eigenvalue weighted by atomic mass is 10.1. The maximum atomic E-state index is 12.7. The minimum atomic E-state index is -3.45. The third-order valence-corrected chi connectivity index (χ3v) is 5.87. The zero-order valence-corrected chi connectivity index (χ0v) is 12.4. The molecule has 1 aromatic rings.